The average Bonchev–Trinajstić information content (AvgIpc) is 2.34. The van der Waals surface area contributed by atoms with Gasteiger partial charge in [0.2, 0.25) is 0 Å². The van der Waals surface area contributed by atoms with Gasteiger partial charge in [-0.2, -0.15) is 0 Å². The largest absolute Gasteiger partial charge is 0.573 e. The number of nitrogens with one attached hydrogen (secondary N) is 1. The van der Waals surface area contributed by atoms with E-state index in [4.69, 9.17) is 0 Å². The van der Waals surface area contributed by atoms with Crippen LogP contribution in [0.1, 0.15) is 33.1 Å². The number of hydrogen-bond acceptors (Lipinski definition) is 2. The maximum atomic E-state index is 12.1. The van der Waals surface area contributed by atoms with Gasteiger partial charge in [0.1, 0.15) is 5.75 Å². The molecule has 3 unspecified atom stereocenters. The molecule has 0 spiro atoms. The second kappa shape index (κ2) is 5.94. The molecule has 0 aromatic heterocycles. The summed E-state index contributed by atoms with van der Waals surface area (Å²) in [5.41, 5.74) is 0.838. The highest BCUT2D eigenvalue weighted by Gasteiger charge is 2.31. The quantitative estimate of drug-likeness (QED) is 0.860. The van der Waals surface area contributed by atoms with Crippen molar-refractivity contribution in [3.05, 3.63) is 24.3 Å². The molecule has 2 rings (SSSR count). The second-order valence-electron chi connectivity index (χ2n) is 5.72. The van der Waals surface area contributed by atoms with Gasteiger partial charge in [0.05, 0.1) is 0 Å². The summed E-state index contributed by atoms with van der Waals surface area (Å²) in [6.07, 6.45) is -1.10. The molecule has 1 N–H and O–H groups in total. The van der Waals surface area contributed by atoms with Gasteiger partial charge in [0.25, 0.3) is 0 Å². The van der Waals surface area contributed by atoms with Crippen molar-refractivity contribution in [3.8, 4) is 5.75 Å². The van der Waals surface area contributed by atoms with Crippen LogP contribution >= 0.6 is 0 Å². The first-order chi connectivity index (χ1) is 9.33. The van der Waals surface area contributed by atoms with Crippen molar-refractivity contribution in [3.63, 3.8) is 0 Å². The summed E-state index contributed by atoms with van der Waals surface area (Å²) in [6.45, 7) is 4.45. The van der Waals surface area contributed by atoms with Gasteiger partial charge in [-0.1, -0.05) is 20.3 Å². The standard InChI is InChI=1S/C15H20F3NO/c1-10-3-4-11(2)14(9-10)19-12-5-7-13(8-6-12)20-15(16,17)18/h5-8,10-11,14,19H,3-4,9H2,1-2H3. The Morgan fingerprint density at radius 2 is 1.75 bits per heavy atom. The highest BCUT2D eigenvalue weighted by molar-refractivity contribution is 5.47. The Bertz CT molecular complexity index is 430. The summed E-state index contributed by atoms with van der Waals surface area (Å²) in [7, 11) is 0. The molecule has 0 bridgehead atoms. The highest BCUT2D eigenvalue weighted by atomic mass is 19.4. The summed E-state index contributed by atoms with van der Waals surface area (Å²) in [5, 5.41) is 3.41. The van der Waals surface area contributed by atoms with E-state index in [-0.39, 0.29) is 5.75 Å². The number of alkyl halides is 3. The van der Waals surface area contributed by atoms with Crippen molar-refractivity contribution in [1.82, 2.24) is 0 Å². The molecule has 2 nitrogen and oxygen atoms in total. The Labute approximate surface area is 117 Å². The average molecular weight is 287 g/mol. The summed E-state index contributed by atoms with van der Waals surface area (Å²) < 4.78 is 40.1. The fourth-order valence-electron chi connectivity index (χ4n) is 2.70. The van der Waals surface area contributed by atoms with Crippen LogP contribution in [-0.2, 0) is 0 Å². The predicted octanol–water partition coefficient (Wildman–Crippen LogP) is 4.82. The topological polar surface area (TPSA) is 21.3 Å². The lowest BCUT2D eigenvalue weighted by Crippen LogP contribution is -2.33. The van der Waals surface area contributed by atoms with Crippen molar-refractivity contribution in [1.29, 1.82) is 0 Å². The number of benzene rings is 1. The van der Waals surface area contributed by atoms with Crippen molar-refractivity contribution < 1.29 is 17.9 Å². The Kier molecular flexibility index (Phi) is 4.45. The first-order valence-corrected chi connectivity index (χ1v) is 6.96. The number of ether oxygens (including phenoxy) is 1. The van der Waals surface area contributed by atoms with E-state index in [2.05, 4.69) is 23.9 Å². The van der Waals surface area contributed by atoms with Crippen molar-refractivity contribution in [2.75, 3.05) is 5.32 Å². The summed E-state index contributed by atoms with van der Waals surface area (Å²) >= 11 is 0. The molecule has 0 radical (unpaired) electrons. The van der Waals surface area contributed by atoms with Gasteiger partial charge in [0, 0.05) is 11.7 Å². The van der Waals surface area contributed by atoms with Crippen LogP contribution in [0.4, 0.5) is 18.9 Å². The minimum Gasteiger partial charge on any atom is -0.406 e. The van der Waals surface area contributed by atoms with E-state index in [0.717, 1.165) is 12.1 Å². The fraction of sp³-hybridized carbons (Fsp3) is 0.600. The van der Waals surface area contributed by atoms with Crippen LogP contribution < -0.4 is 10.1 Å². The minimum atomic E-state index is -4.64. The zero-order valence-electron chi connectivity index (χ0n) is 11.7. The number of hydrogen-bond donors (Lipinski definition) is 1. The molecule has 1 aromatic rings. The highest BCUT2D eigenvalue weighted by Crippen LogP contribution is 2.31. The number of halogens is 3. The van der Waals surface area contributed by atoms with Crippen molar-refractivity contribution >= 4 is 5.69 Å². The molecular weight excluding hydrogens is 267 g/mol. The molecule has 5 heteroatoms. The molecule has 112 valence electrons. The molecule has 1 saturated carbocycles. The third-order valence-corrected chi connectivity index (χ3v) is 3.90. The molecule has 0 heterocycles. The lowest BCUT2D eigenvalue weighted by Gasteiger charge is -2.34. The zero-order valence-corrected chi connectivity index (χ0v) is 11.7. The first-order valence-electron chi connectivity index (χ1n) is 6.96. The van der Waals surface area contributed by atoms with E-state index in [1.807, 2.05) is 0 Å². The monoisotopic (exact) mass is 287 g/mol. The maximum Gasteiger partial charge on any atom is 0.573 e. The smallest absolute Gasteiger partial charge is 0.406 e. The van der Waals surface area contributed by atoms with E-state index in [1.165, 1.54) is 25.0 Å². The van der Waals surface area contributed by atoms with Gasteiger partial charge in [-0.25, -0.2) is 0 Å². The van der Waals surface area contributed by atoms with Crippen LogP contribution in [-0.4, -0.2) is 12.4 Å². The number of anilines is 1. The first kappa shape index (κ1) is 15.0. The Morgan fingerprint density at radius 1 is 1.10 bits per heavy atom. The maximum absolute atomic E-state index is 12.1. The third-order valence-electron chi connectivity index (χ3n) is 3.90. The van der Waals surface area contributed by atoms with E-state index >= 15 is 0 Å². The lowest BCUT2D eigenvalue weighted by molar-refractivity contribution is -0.274. The summed E-state index contributed by atoms with van der Waals surface area (Å²) in [5.74, 6) is 1.09. The Hall–Kier alpha value is -1.39. The van der Waals surface area contributed by atoms with Crippen LogP contribution in [0.5, 0.6) is 5.75 Å². The SMILES string of the molecule is CC1CCC(C)C(Nc2ccc(OC(F)(F)F)cc2)C1. The van der Waals surface area contributed by atoms with E-state index in [0.29, 0.717) is 17.9 Å². The van der Waals surface area contributed by atoms with Crippen LogP contribution in [0.25, 0.3) is 0 Å². The van der Waals surface area contributed by atoms with Crippen molar-refractivity contribution in [2.24, 2.45) is 11.8 Å². The molecule has 1 aromatic carbocycles. The van der Waals surface area contributed by atoms with Gasteiger partial charge >= 0.3 is 6.36 Å². The zero-order chi connectivity index (χ0) is 14.8. The van der Waals surface area contributed by atoms with Gasteiger partial charge in [0.15, 0.2) is 0 Å². The Morgan fingerprint density at radius 3 is 2.35 bits per heavy atom. The van der Waals surface area contributed by atoms with E-state index in [9.17, 15) is 13.2 Å². The summed E-state index contributed by atoms with van der Waals surface area (Å²) in [6, 6.07) is 6.33. The lowest BCUT2D eigenvalue weighted by atomic mass is 9.80. The van der Waals surface area contributed by atoms with E-state index < -0.39 is 6.36 Å². The second-order valence-corrected chi connectivity index (χ2v) is 5.72. The molecule has 0 aliphatic heterocycles. The molecule has 1 aliphatic carbocycles. The van der Waals surface area contributed by atoms with Crippen LogP contribution in [0.3, 0.4) is 0 Å². The predicted molar refractivity (Wildman–Crippen MR) is 72.7 cm³/mol. The van der Waals surface area contributed by atoms with Crippen molar-refractivity contribution in [2.45, 2.75) is 45.5 Å². The minimum absolute atomic E-state index is 0.187. The fourth-order valence-corrected chi connectivity index (χ4v) is 2.70. The molecule has 3 atom stereocenters. The van der Waals surface area contributed by atoms with Crippen LogP contribution in [0.15, 0.2) is 24.3 Å². The van der Waals surface area contributed by atoms with Gasteiger partial charge in [-0.05, 0) is 48.9 Å². The molecule has 20 heavy (non-hydrogen) atoms. The van der Waals surface area contributed by atoms with Crippen LogP contribution in [0, 0.1) is 11.8 Å². The molecular formula is C15H20F3NO. The van der Waals surface area contributed by atoms with E-state index in [1.54, 1.807) is 12.1 Å². The number of rotatable bonds is 3. The normalized spacial score (nSPS) is 27.1. The molecule has 1 fully saturated rings. The van der Waals surface area contributed by atoms with Gasteiger partial charge < -0.3 is 10.1 Å². The van der Waals surface area contributed by atoms with Gasteiger partial charge in [-0.15, -0.1) is 13.2 Å². The molecule has 1 aliphatic rings. The Balaban J connectivity index is 1.96. The molecule has 0 amide bonds. The molecule has 0 saturated heterocycles. The summed E-state index contributed by atoms with van der Waals surface area (Å²) in [4.78, 5) is 0. The van der Waals surface area contributed by atoms with Crippen LogP contribution in [0.2, 0.25) is 0 Å². The van der Waals surface area contributed by atoms with Gasteiger partial charge in [-0.3, -0.25) is 0 Å². The third kappa shape index (κ3) is 4.32.